The topological polar surface area (TPSA) is 66.9 Å². The van der Waals surface area contributed by atoms with Gasteiger partial charge in [0.25, 0.3) is 0 Å². The molecule has 1 aliphatic heterocycles. The van der Waals surface area contributed by atoms with Crippen LogP contribution in [0.4, 0.5) is 26.3 Å². The molecule has 0 atom stereocenters. The molecule has 0 N–H and O–H groups in total. The Morgan fingerprint density at radius 3 is 2.17 bits per heavy atom. The number of alkyl halides is 6. The monoisotopic (exact) mass is 468 g/mol. The van der Waals surface area contributed by atoms with Gasteiger partial charge in [0.05, 0.1) is 15.5 Å². The van der Waals surface area contributed by atoms with Crippen molar-refractivity contribution in [1.29, 1.82) is 0 Å². The lowest BCUT2D eigenvalue weighted by Crippen LogP contribution is -2.51. The van der Waals surface area contributed by atoms with E-state index < -0.39 is 57.0 Å². The van der Waals surface area contributed by atoms with Gasteiger partial charge in [0.2, 0.25) is 15.9 Å². The Kier molecular flexibility index (Phi) is 7.08. The van der Waals surface area contributed by atoms with Crippen molar-refractivity contribution in [3.05, 3.63) is 28.8 Å². The van der Waals surface area contributed by atoms with Crippen molar-refractivity contribution < 1.29 is 44.3 Å². The maximum atomic E-state index is 13.0. The minimum absolute atomic E-state index is 0.146. The summed E-state index contributed by atoms with van der Waals surface area (Å²) in [5, 5.41) is -0.647. The summed E-state index contributed by atoms with van der Waals surface area (Å²) in [6.45, 7) is -3.18. The minimum Gasteiger partial charge on any atom is -0.362 e. The van der Waals surface area contributed by atoms with Gasteiger partial charge in [0.15, 0.2) is 0 Å². The predicted molar refractivity (Wildman–Crippen MR) is 88.7 cm³/mol. The molecule has 1 heterocycles. The standard InChI is InChI=1S/C15H15ClF6N2O4S/c16-12-2-1-10(7-11(12)15(20,21)22)29(26,27)24-5-3-23(4-6-24)13(25)8-28-9-14(17,18)19/h1-2,7H,3-6,8-9H2. The van der Waals surface area contributed by atoms with E-state index in [1.54, 1.807) is 0 Å². The van der Waals surface area contributed by atoms with Crippen LogP contribution in [0.5, 0.6) is 0 Å². The maximum Gasteiger partial charge on any atom is 0.417 e. The lowest BCUT2D eigenvalue weighted by atomic mass is 10.2. The number of piperazine rings is 1. The molecule has 0 bridgehead atoms. The van der Waals surface area contributed by atoms with Crippen LogP contribution in [0.3, 0.4) is 0 Å². The molecule has 1 aromatic carbocycles. The molecule has 0 radical (unpaired) electrons. The number of rotatable bonds is 5. The van der Waals surface area contributed by atoms with Gasteiger partial charge in [-0.2, -0.15) is 30.6 Å². The number of nitrogens with zero attached hydrogens (tertiary/aromatic N) is 2. The van der Waals surface area contributed by atoms with E-state index in [-0.39, 0.29) is 26.2 Å². The van der Waals surface area contributed by atoms with Crippen molar-refractivity contribution in [2.45, 2.75) is 17.2 Å². The Morgan fingerprint density at radius 2 is 1.66 bits per heavy atom. The first-order chi connectivity index (χ1) is 13.2. The quantitative estimate of drug-likeness (QED) is 0.623. The largest absolute Gasteiger partial charge is 0.417 e. The van der Waals surface area contributed by atoms with Crippen LogP contribution < -0.4 is 0 Å². The molecular formula is C15H15ClF6N2O4S. The van der Waals surface area contributed by atoms with E-state index in [9.17, 15) is 39.6 Å². The van der Waals surface area contributed by atoms with Crippen molar-refractivity contribution in [3.8, 4) is 0 Å². The molecule has 29 heavy (non-hydrogen) atoms. The third kappa shape index (κ3) is 6.20. The summed E-state index contributed by atoms with van der Waals surface area (Å²) in [6, 6.07) is 2.20. The lowest BCUT2D eigenvalue weighted by molar-refractivity contribution is -0.178. The van der Waals surface area contributed by atoms with Crippen LogP contribution in [-0.4, -0.2) is 69.1 Å². The van der Waals surface area contributed by atoms with E-state index in [0.29, 0.717) is 6.07 Å². The predicted octanol–water partition coefficient (Wildman–Crippen LogP) is 2.77. The molecule has 6 nitrogen and oxygen atoms in total. The van der Waals surface area contributed by atoms with E-state index in [0.717, 1.165) is 21.3 Å². The van der Waals surface area contributed by atoms with Gasteiger partial charge >= 0.3 is 12.4 Å². The van der Waals surface area contributed by atoms with Crippen molar-refractivity contribution in [2.24, 2.45) is 0 Å². The second-order valence-corrected chi connectivity index (χ2v) is 8.38. The number of hydrogen-bond acceptors (Lipinski definition) is 4. The third-order valence-corrected chi connectivity index (χ3v) is 6.19. The summed E-state index contributed by atoms with van der Waals surface area (Å²) < 4.78 is 105. The van der Waals surface area contributed by atoms with Crippen molar-refractivity contribution in [1.82, 2.24) is 9.21 Å². The average Bonchev–Trinajstić information content (AvgIpc) is 2.60. The van der Waals surface area contributed by atoms with Crippen molar-refractivity contribution >= 4 is 27.5 Å². The normalized spacial score (nSPS) is 16.9. The molecule has 1 amide bonds. The summed E-state index contributed by atoms with van der Waals surface area (Å²) in [5.41, 5.74) is -1.30. The second kappa shape index (κ2) is 8.66. The summed E-state index contributed by atoms with van der Waals surface area (Å²) >= 11 is 5.49. The summed E-state index contributed by atoms with van der Waals surface area (Å²) in [4.78, 5) is 12.3. The first-order valence-electron chi connectivity index (χ1n) is 8.01. The lowest BCUT2D eigenvalue weighted by Gasteiger charge is -2.34. The number of halogens is 7. The number of benzene rings is 1. The van der Waals surface area contributed by atoms with Gasteiger partial charge in [0.1, 0.15) is 13.2 Å². The molecule has 2 rings (SSSR count). The van der Waals surface area contributed by atoms with Gasteiger partial charge in [-0.3, -0.25) is 4.79 Å². The fourth-order valence-electron chi connectivity index (χ4n) is 2.55. The second-order valence-electron chi connectivity index (χ2n) is 6.03. The van der Waals surface area contributed by atoms with Crippen LogP contribution in [0.2, 0.25) is 5.02 Å². The van der Waals surface area contributed by atoms with Crippen LogP contribution in [0, 0.1) is 0 Å². The minimum atomic E-state index is -4.84. The highest BCUT2D eigenvalue weighted by molar-refractivity contribution is 7.89. The zero-order valence-electron chi connectivity index (χ0n) is 14.6. The Bertz CT molecular complexity index is 851. The van der Waals surface area contributed by atoms with E-state index in [1.807, 2.05) is 0 Å². The van der Waals surface area contributed by atoms with Gasteiger partial charge in [-0.15, -0.1) is 0 Å². The molecule has 164 valence electrons. The first kappa shape index (κ1) is 23.7. The highest BCUT2D eigenvalue weighted by Gasteiger charge is 2.36. The summed E-state index contributed by atoms with van der Waals surface area (Å²) in [6.07, 6.45) is -9.43. The number of carbonyl (C=O) groups excluding carboxylic acids is 1. The van der Waals surface area contributed by atoms with Gasteiger partial charge in [-0.1, -0.05) is 11.6 Å². The van der Waals surface area contributed by atoms with Gasteiger partial charge in [-0.25, -0.2) is 8.42 Å². The van der Waals surface area contributed by atoms with Crippen LogP contribution in [-0.2, 0) is 25.7 Å². The highest BCUT2D eigenvalue weighted by atomic mass is 35.5. The van der Waals surface area contributed by atoms with Gasteiger partial charge in [0, 0.05) is 26.2 Å². The maximum absolute atomic E-state index is 13.0. The molecule has 14 heteroatoms. The van der Waals surface area contributed by atoms with Crippen LogP contribution in [0.1, 0.15) is 5.56 Å². The number of hydrogen-bond donors (Lipinski definition) is 0. The van der Waals surface area contributed by atoms with Crippen LogP contribution >= 0.6 is 11.6 Å². The van der Waals surface area contributed by atoms with Gasteiger partial charge in [-0.05, 0) is 18.2 Å². The SMILES string of the molecule is O=C(COCC(F)(F)F)N1CCN(S(=O)(=O)c2ccc(Cl)c(C(F)(F)F)c2)CC1. The Morgan fingerprint density at radius 1 is 1.07 bits per heavy atom. The fraction of sp³-hybridized carbons (Fsp3) is 0.533. The molecule has 0 spiro atoms. The zero-order chi connectivity index (χ0) is 22.0. The molecule has 1 fully saturated rings. The molecule has 1 aromatic rings. The average molecular weight is 469 g/mol. The summed E-state index contributed by atoms with van der Waals surface area (Å²) in [7, 11) is -4.29. The molecule has 0 unspecified atom stereocenters. The van der Waals surface area contributed by atoms with Crippen LogP contribution in [0.15, 0.2) is 23.1 Å². The Hall–Kier alpha value is -1.57. The van der Waals surface area contributed by atoms with E-state index in [1.165, 1.54) is 0 Å². The fourth-order valence-corrected chi connectivity index (χ4v) is 4.23. The third-order valence-electron chi connectivity index (χ3n) is 3.96. The molecule has 0 saturated carbocycles. The molecule has 0 aromatic heterocycles. The Labute approximate surface area is 167 Å². The highest BCUT2D eigenvalue weighted by Crippen LogP contribution is 2.36. The van der Waals surface area contributed by atoms with E-state index in [2.05, 4.69) is 4.74 Å². The van der Waals surface area contributed by atoms with E-state index >= 15 is 0 Å². The number of sulfonamides is 1. The van der Waals surface area contributed by atoms with Crippen molar-refractivity contribution in [2.75, 3.05) is 39.4 Å². The number of ether oxygens (including phenoxy) is 1. The smallest absolute Gasteiger partial charge is 0.362 e. The van der Waals surface area contributed by atoms with E-state index in [4.69, 9.17) is 11.6 Å². The molecule has 0 aliphatic carbocycles. The zero-order valence-corrected chi connectivity index (χ0v) is 16.1. The Balaban J connectivity index is 2.02. The van der Waals surface area contributed by atoms with Crippen LogP contribution in [0.25, 0.3) is 0 Å². The van der Waals surface area contributed by atoms with Crippen molar-refractivity contribution in [3.63, 3.8) is 0 Å². The molecular weight excluding hydrogens is 454 g/mol. The number of amides is 1. The molecule has 1 aliphatic rings. The summed E-state index contributed by atoms with van der Waals surface area (Å²) in [5.74, 6) is -0.753. The van der Waals surface area contributed by atoms with Gasteiger partial charge < -0.3 is 9.64 Å². The molecule has 1 saturated heterocycles. The first-order valence-corrected chi connectivity index (χ1v) is 9.83. The number of carbonyl (C=O) groups is 1.